The smallest absolute Gasteiger partial charge is 0.258 e. The molecule has 0 aliphatic carbocycles. The molecule has 7 heteroatoms. The molecule has 1 aromatic carbocycles. The van der Waals surface area contributed by atoms with Crippen molar-refractivity contribution in [2.75, 3.05) is 6.54 Å². The minimum absolute atomic E-state index is 0.0402. The lowest BCUT2D eigenvalue weighted by molar-refractivity contribution is -0.385. The Morgan fingerprint density at radius 2 is 2.38 bits per heavy atom. The minimum atomic E-state index is -0.496. The molecule has 0 unspecified atom stereocenters. The van der Waals surface area contributed by atoms with Crippen LogP contribution in [0.4, 0.5) is 5.69 Å². The van der Waals surface area contributed by atoms with Crippen molar-refractivity contribution in [2.45, 2.75) is 0 Å². The molecule has 0 saturated heterocycles. The van der Waals surface area contributed by atoms with E-state index in [1.54, 1.807) is 0 Å². The Hall–Kier alpha value is -2.04. The van der Waals surface area contributed by atoms with Crippen molar-refractivity contribution in [3.8, 4) is 0 Å². The number of rotatable bonds is 4. The fourth-order valence-electron chi connectivity index (χ4n) is 1.09. The number of azide groups is 1. The lowest BCUT2D eigenvalue weighted by atomic mass is 10.1. The molecule has 0 radical (unpaired) electrons. The van der Waals surface area contributed by atoms with Crippen molar-refractivity contribution in [2.24, 2.45) is 5.11 Å². The second-order valence-electron chi connectivity index (χ2n) is 2.78. The van der Waals surface area contributed by atoms with E-state index in [2.05, 4.69) is 10.0 Å². The van der Waals surface area contributed by atoms with E-state index in [0.29, 0.717) is 10.6 Å². The molecule has 0 bridgehead atoms. The van der Waals surface area contributed by atoms with Crippen LogP contribution >= 0.6 is 11.6 Å². The summed E-state index contributed by atoms with van der Waals surface area (Å²) in [7, 11) is 0. The van der Waals surface area contributed by atoms with Crippen molar-refractivity contribution in [3.63, 3.8) is 0 Å². The van der Waals surface area contributed by atoms with Gasteiger partial charge in [0.2, 0.25) is 0 Å². The van der Waals surface area contributed by atoms with Crippen LogP contribution in [0.15, 0.2) is 29.4 Å². The second kappa shape index (κ2) is 5.75. The van der Waals surface area contributed by atoms with Crippen LogP contribution in [-0.4, -0.2) is 11.5 Å². The highest BCUT2D eigenvalue weighted by Crippen LogP contribution is 2.23. The third kappa shape index (κ3) is 3.27. The molecule has 0 aliphatic rings. The van der Waals surface area contributed by atoms with E-state index in [-0.39, 0.29) is 12.2 Å². The molecule has 0 spiro atoms. The summed E-state index contributed by atoms with van der Waals surface area (Å²) in [6.45, 7) is 0.139. The van der Waals surface area contributed by atoms with E-state index in [4.69, 9.17) is 17.1 Å². The van der Waals surface area contributed by atoms with Crippen LogP contribution < -0.4 is 0 Å². The first kappa shape index (κ1) is 12.0. The standard InChI is InChI=1S/C9H7ClN4O2/c10-8-3-4-9(14(15)16)7(6-8)2-1-5-12-13-11/h1-4,6H,5H2. The van der Waals surface area contributed by atoms with Gasteiger partial charge in [0.05, 0.1) is 10.5 Å². The maximum absolute atomic E-state index is 10.7. The van der Waals surface area contributed by atoms with Crippen LogP contribution in [0.25, 0.3) is 16.5 Å². The molecule has 0 saturated carbocycles. The number of hydrogen-bond acceptors (Lipinski definition) is 3. The van der Waals surface area contributed by atoms with Gasteiger partial charge in [-0.3, -0.25) is 10.1 Å². The van der Waals surface area contributed by atoms with Gasteiger partial charge in [0, 0.05) is 22.5 Å². The van der Waals surface area contributed by atoms with Crippen LogP contribution in [0.2, 0.25) is 5.02 Å². The third-order valence-corrected chi connectivity index (χ3v) is 1.97. The highest BCUT2D eigenvalue weighted by atomic mass is 35.5. The van der Waals surface area contributed by atoms with Gasteiger partial charge in [-0.15, -0.1) is 0 Å². The van der Waals surface area contributed by atoms with Crippen molar-refractivity contribution in [1.29, 1.82) is 0 Å². The lowest BCUT2D eigenvalue weighted by Crippen LogP contribution is -1.91. The molecule has 0 amide bonds. The van der Waals surface area contributed by atoms with Gasteiger partial charge in [0.1, 0.15) is 0 Å². The molecule has 0 fully saturated rings. The van der Waals surface area contributed by atoms with Crippen LogP contribution in [0, 0.1) is 10.1 Å². The molecule has 16 heavy (non-hydrogen) atoms. The number of hydrogen-bond donors (Lipinski definition) is 0. The van der Waals surface area contributed by atoms with Crippen molar-refractivity contribution >= 4 is 23.4 Å². The van der Waals surface area contributed by atoms with E-state index in [1.807, 2.05) is 0 Å². The van der Waals surface area contributed by atoms with Gasteiger partial charge >= 0.3 is 0 Å². The number of halogens is 1. The Labute approximate surface area is 95.9 Å². The third-order valence-electron chi connectivity index (χ3n) is 1.73. The monoisotopic (exact) mass is 238 g/mol. The quantitative estimate of drug-likeness (QED) is 0.264. The molecule has 6 nitrogen and oxygen atoms in total. The molecule has 0 N–H and O–H groups in total. The molecule has 0 atom stereocenters. The summed E-state index contributed by atoms with van der Waals surface area (Å²) >= 11 is 5.72. The van der Waals surface area contributed by atoms with Crippen molar-refractivity contribution in [1.82, 2.24) is 0 Å². The Balaban J connectivity index is 3.00. The van der Waals surface area contributed by atoms with E-state index in [9.17, 15) is 10.1 Å². The van der Waals surface area contributed by atoms with Crippen LogP contribution in [0.1, 0.15) is 5.56 Å². The van der Waals surface area contributed by atoms with Crippen molar-refractivity contribution < 1.29 is 4.92 Å². The summed E-state index contributed by atoms with van der Waals surface area (Å²) in [6, 6.07) is 4.26. The SMILES string of the molecule is [N-]=[N+]=NCC=Cc1cc(Cl)ccc1[N+](=O)[O-]. The molecular formula is C9H7ClN4O2. The Morgan fingerprint density at radius 1 is 1.62 bits per heavy atom. The van der Waals surface area contributed by atoms with Gasteiger partial charge in [0.25, 0.3) is 5.69 Å². The summed E-state index contributed by atoms with van der Waals surface area (Å²) in [5, 5.41) is 14.4. The van der Waals surface area contributed by atoms with Crippen molar-refractivity contribution in [3.05, 3.63) is 55.4 Å². The maximum atomic E-state index is 10.7. The van der Waals surface area contributed by atoms with Crippen LogP contribution in [0.5, 0.6) is 0 Å². The minimum Gasteiger partial charge on any atom is -0.258 e. The highest BCUT2D eigenvalue weighted by molar-refractivity contribution is 6.30. The largest absolute Gasteiger partial charge is 0.276 e. The fraction of sp³-hybridized carbons (Fsp3) is 0.111. The molecule has 1 rings (SSSR count). The summed E-state index contributed by atoms with van der Waals surface area (Å²) < 4.78 is 0. The van der Waals surface area contributed by atoms with Gasteiger partial charge in [-0.2, -0.15) is 0 Å². The van der Waals surface area contributed by atoms with Crippen LogP contribution in [0.3, 0.4) is 0 Å². The molecule has 0 heterocycles. The summed E-state index contributed by atoms with van der Waals surface area (Å²) in [6.07, 6.45) is 3.02. The molecule has 0 aromatic heterocycles. The van der Waals surface area contributed by atoms with E-state index < -0.39 is 4.92 Å². The maximum Gasteiger partial charge on any atom is 0.276 e. The van der Waals surface area contributed by atoms with Gasteiger partial charge < -0.3 is 0 Å². The summed E-state index contributed by atoms with van der Waals surface area (Å²) in [5.74, 6) is 0. The number of nitro groups is 1. The summed E-state index contributed by atoms with van der Waals surface area (Å²) in [4.78, 5) is 12.7. The first-order valence-electron chi connectivity index (χ1n) is 4.26. The zero-order valence-electron chi connectivity index (χ0n) is 8.08. The van der Waals surface area contributed by atoms with Gasteiger partial charge in [0.15, 0.2) is 0 Å². The Bertz CT molecular complexity index is 480. The van der Waals surface area contributed by atoms with E-state index in [0.717, 1.165) is 0 Å². The molecule has 0 aliphatic heterocycles. The fourth-order valence-corrected chi connectivity index (χ4v) is 1.27. The van der Waals surface area contributed by atoms with Gasteiger partial charge in [-0.25, -0.2) is 0 Å². The summed E-state index contributed by atoms with van der Waals surface area (Å²) in [5.41, 5.74) is 8.39. The average Bonchev–Trinajstić information content (AvgIpc) is 2.24. The van der Waals surface area contributed by atoms with E-state index >= 15 is 0 Å². The predicted molar refractivity (Wildman–Crippen MR) is 61.2 cm³/mol. The lowest BCUT2D eigenvalue weighted by Gasteiger charge is -1.97. The number of nitro benzene ring substituents is 1. The second-order valence-corrected chi connectivity index (χ2v) is 3.21. The number of nitrogens with zero attached hydrogens (tertiary/aromatic N) is 4. The Kier molecular flexibility index (Phi) is 4.32. The highest BCUT2D eigenvalue weighted by Gasteiger charge is 2.10. The topological polar surface area (TPSA) is 91.9 Å². The first-order chi connectivity index (χ1) is 7.65. The normalized spacial score (nSPS) is 10.1. The molecular weight excluding hydrogens is 232 g/mol. The van der Waals surface area contributed by atoms with E-state index in [1.165, 1.54) is 30.4 Å². The zero-order valence-corrected chi connectivity index (χ0v) is 8.83. The van der Waals surface area contributed by atoms with Gasteiger partial charge in [-0.05, 0) is 17.7 Å². The molecule has 1 aromatic rings. The predicted octanol–water partition coefficient (Wildman–Crippen LogP) is 3.57. The first-order valence-corrected chi connectivity index (χ1v) is 4.64. The average molecular weight is 239 g/mol. The molecule has 82 valence electrons. The number of benzene rings is 1. The Morgan fingerprint density at radius 3 is 3.00 bits per heavy atom. The van der Waals surface area contributed by atoms with Gasteiger partial charge in [-0.1, -0.05) is 28.9 Å². The van der Waals surface area contributed by atoms with Crippen LogP contribution in [-0.2, 0) is 0 Å². The zero-order chi connectivity index (χ0) is 12.0.